The normalized spacial score (nSPS) is 22.8. The monoisotopic (exact) mass is 284 g/mol. The van der Waals surface area contributed by atoms with Crippen LogP contribution in [0.25, 0.3) is 10.9 Å². The molecule has 21 heavy (non-hydrogen) atoms. The van der Waals surface area contributed by atoms with E-state index in [4.69, 9.17) is 4.98 Å². The molecule has 1 saturated heterocycles. The van der Waals surface area contributed by atoms with Gasteiger partial charge in [-0.15, -0.1) is 0 Å². The van der Waals surface area contributed by atoms with Crippen LogP contribution in [0.15, 0.2) is 24.3 Å². The van der Waals surface area contributed by atoms with Crippen molar-refractivity contribution in [1.82, 2.24) is 4.98 Å². The Bertz CT molecular complexity index is 653. The second kappa shape index (κ2) is 5.64. The number of piperidine rings is 1. The molecule has 0 aliphatic carbocycles. The Morgan fingerprint density at radius 3 is 2.81 bits per heavy atom. The van der Waals surface area contributed by atoms with E-state index in [0.29, 0.717) is 5.92 Å². The molecule has 1 aliphatic heterocycles. The van der Waals surface area contributed by atoms with E-state index in [2.05, 4.69) is 43.9 Å². The fourth-order valence-corrected chi connectivity index (χ4v) is 3.39. The van der Waals surface area contributed by atoms with Gasteiger partial charge in [0.1, 0.15) is 0 Å². The maximum absolute atomic E-state index is 10.3. The highest BCUT2D eigenvalue weighted by Crippen LogP contribution is 2.34. The first-order chi connectivity index (χ1) is 10.1. The summed E-state index contributed by atoms with van der Waals surface area (Å²) in [5.74, 6) is 0.389. The number of anilines is 1. The lowest BCUT2D eigenvalue weighted by Gasteiger charge is -2.37. The van der Waals surface area contributed by atoms with Crippen LogP contribution in [-0.2, 0) is 6.42 Å². The van der Waals surface area contributed by atoms with E-state index in [1.807, 2.05) is 6.07 Å². The first-order valence-corrected chi connectivity index (χ1v) is 7.93. The second-order valence-corrected chi connectivity index (χ2v) is 6.17. The molecule has 1 N–H and O–H groups in total. The molecule has 0 radical (unpaired) electrons. The van der Waals surface area contributed by atoms with E-state index in [-0.39, 0.29) is 6.10 Å². The zero-order chi connectivity index (χ0) is 15.0. The molecule has 3 rings (SSSR count). The number of aliphatic hydroxyl groups is 1. The average molecular weight is 284 g/mol. The quantitative estimate of drug-likeness (QED) is 0.919. The molecule has 1 aromatic heterocycles. The average Bonchev–Trinajstić information content (AvgIpc) is 2.48. The number of hydrogen-bond donors (Lipinski definition) is 1. The topological polar surface area (TPSA) is 36.4 Å². The van der Waals surface area contributed by atoms with Gasteiger partial charge in [0.25, 0.3) is 0 Å². The zero-order valence-corrected chi connectivity index (χ0v) is 13.1. The van der Waals surface area contributed by atoms with Crippen molar-refractivity contribution in [2.75, 3.05) is 18.0 Å². The SMILES string of the molecule is CCc1c(C)nc2ccccc2c1N1CCC(C)C(O)C1. The van der Waals surface area contributed by atoms with Gasteiger partial charge >= 0.3 is 0 Å². The first kappa shape index (κ1) is 14.3. The van der Waals surface area contributed by atoms with Gasteiger partial charge in [-0.1, -0.05) is 32.0 Å². The van der Waals surface area contributed by atoms with Crippen molar-refractivity contribution in [1.29, 1.82) is 0 Å². The molecule has 3 nitrogen and oxygen atoms in total. The van der Waals surface area contributed by atoms with Crippen LogP contribution in [0.3, 0.4) is 0 Å². The highest BCUT2D eigenvalue weighted by Gasteiger charge is 2.27. The Labute approximate surface area is 126 Å². The lowest BCUT2D eigenvalue weighted by molar-refractivity contribution is 0.103. The van der Waals surface area contributed by atoms with Crippen LogP contribution in [0, 0.1) is 12.8 Å². The number of aliphatic hydroxyl groups excluding tert-OH is 1. The molecule has 2 heterocycles. The highest BCUT2D eigenvalue weighted by molar-refractivity contribution is 5.94. The molecule has 1 aliphatic rings. The fraction of sp³-hybridized carbons (Fsp3) is 0.500. The Morgan fingerprint density at radius 1 is 1.33 bits per heavy atom. The standard InChI is InChI=1S/C18H24N2O/c1-4-14-13(3)19-16-8-6-5-7-15(16)18(14)20-10-9-12(2)17(21)11-20/h5-8,12,17,21H,4,9-11H2,1-3H3. The minimum absolute atomic E-state index is 0.240. The van der Waals surface area contributed by atoms with Crippen LogP contribution >= 0.6 is 0 Å². The number of benzene rings is 1. The third kappa shape index (κ3) is 2.51. The highest BCUT2D eigenvalue weighted by atomic mass is 16.3. The van der Waals surface area contributed by atoms with Gasteiger partial charge in [0.2, 0.25) is 0 Å². The summed E-state index contributed by atoms with van der Waals surface area (Å²) < 4.78 is 0. The number of hydrogen-bond acceptors (Lipinski definition) is 3. The predicted octanol–water partition coefficient (Wildman–Crippen LogP) is 3.31. The Hall–Kier alpha value is -1.61. The van der Waals surface area contributed by atoms with Gasteiger partial charge in [-0.05, 0) is 37.3 Å². The Morgan fingerprint density at radius 2 is 2.10 bits per heavy atom. The van der Waals surface area contributed by atoms with Crippen LogP contribution in [0.2, 0.25) is 0 Å². The Kier molecular flexibility index (Phi) is 3.85. The summed E-state index contributed by atoms with van der Waals surface area (Å²) in [6.07, 6.45) is 1.77. The largest absolute Gasteiger partial charge is 0.391 e. The summed E-state index contributed by atoms with van der Waals surface area (Å²) in [5, 5.41) is 11.5. The maximum Gasteiger partial charge on any atom is 0.0741 e. The van der Waals surface area contributed by atoms with Crippen molar-refractivity contribution < 1.29 is 5.11 Å². The number of nitrogens with zero attached hydrogens (tertiary/aromatic N) is 2. The van der Waals surface area contributed by atoms with E-state index >= 15 is 0 Å². The second-order valence-electron chi connectivity index (χ2n) is 6.17. The van der Waals surface area contributed by atoms with E-state index in [0.717, 1.165) is 37.1 Å². The number of para-hydroxylation sites is 1. The first-order valence-electron chi connectivity index (χ1n) is 7.93. The fourth-order valence-electron chi connectivity index (χ4n) is 3.39. The van der Waals surface area contributed by atoms with E-state index in [1.54, 1.807) is 0 Å². The molecule has 2 unspecified atom stereocenters. The number of pyridine rings is 1. The van der Waals surface area contributed by atoms with Crippen molar-refractivity contribution in [3.8, 4) is 0 Å². The van der Waals surface area contributed by atoms with Crippen LogP contribution in [0.1, 0.15) is 31.5 Å². The minimum Gasteiger partial charge on any atom is -0.391 e. The molecule has 0 saturated carbocycles. The minimum atomic E-state index is -0.240. The zero-order valence-electron chi connectivity index (χ0n) is 13.1. The lowest BCUT2D eigenvalue weighted by atomic mass is 9.94. The van der Waals surface area contributed by atoms with Gasteiger partial charge in [-0.2, -0.15) is 0 Å². The molecule has 2 atom stereocenters. The number of β-amino-alcohol motifs (C(OH)–C–C–N with tert-alkyl or cyclic N) is 1. The molecule has 0 spiro atoms. The van der Waals surface area contributed by atoms with E-state index in [9.17, 15) is 5.11 Å². The third-order valence-electron chi connectivity index (χ3n) is 4.76. The molecule has 0 bridgehead atoms. The summed E-state index contributed by atoms with van der Waals surface area (Å²) in [6, 6.07) is 8.34. The smallest absolute Gasteiger partial charge is 0.0741 e. The van der Waals surface area contributed by atoms with Gasteiger partial charge < -0.3 is 10.0 Å². The Balaban J connectivity index is 2.15. The number of fused-ring (bicyclic) bond motifs is 1. The van der Waals surface area contributed by atoms with Gasteiger partial charge in [-0.3, -0.25) is 4.98 Å². The molecule has 112 valence electrons. The van der Waals surface area contributed by atoms with Crippen LogP contribution in [-0.4, -0.2) is 29.3 Å². The van der Waals surface area contributed by atoms with Gasteiger partial charge in [-0.25, -0.2) is 0 Å². The molecular formula is C18H24N2O. The summed E-state index contributed by atoms with van der Waals surface area (Å²) in [7, 11) is 0. The molecule has 1 aromatic carbocycles. The van der Waals surface area contributed by atoms with Crippen molar-refractivity contribution in [2.24, 2.45) is 5.92 Å². The van der Waals surface area contributed by atoms with Gasteiger partial charge in [0.15, 0.2) is 0 Å². The van der Waals surface area contributed by atoms with Gasteiger partial charge in [0.05, 0.1) is 17.3 Å². The molecular weight excluding hydrogens is 260 g/mol. The van der Waals surface area contributed by atoms with E-state index < -0.39 is 0 Å². The van der Waals surface area contributed by atoms with Crippen molar-refractivity contribution in [3.05, 3.63) is 35.5 Å². The summed E-state index contributed by atoms with van der Waals surface area (Å²) in [5.41, 5.74) is 4.76. The van der Waals surface area contributed by atoms with Crippen LogP contribution in [0.4, 0.5) is 5.69 Å². The summed E-state index contributed by atoms with van der Waals surface area (Å²) in [4.78, 5) is 7.11. The maximum atomic E-state index is 10.3. The van der Waals surface area contributed by atoms with Crippen molar-refractivity contribution in [2.45, 2.75) is 39.7 Å². The van der Waals surface area contributed by atoms with Crippen molar-refractivity contribution >= 4 is 16.6 Å². The predicted molar refractivity (Wildman–Crippen MR) is 87.9 cm³/mol. The van der Waals surface area contributed by atoms with Crippen LogP contribution < -0.4 is 4.90 Å². The lowest BCUT2D eigenvalue weighted by Crippen LogP contribution is -2.43. The molecule has 1 fully saturated rings. The number of aromatic nitrogens is 1. The molecule has 2 aromatic rings. The van der Waals surface area contributed by atoms with Crippen LogP contribution in [0.5, 0.6) is 0 Å². The number of rotatable bonds is 2. The summed E-state index contributed by atoms with van der Waals surface area (Å²) in [6.45, 7) is 8.15. The van der Waals surface area contributed by atoms with E-state index in [1.165, 1.54) is 16.6 Å². The summed E-state index contributed by atoms with van der Waals surface area (Å²) >= 11 is 0. The molecule has 0 amide bonds. The molecule has 3 heteroatoms. The van der Waals surface area contributed by atoms with Gasteiger partial charge in [0, 0.05) is 24.2 Å². The van der Waals surface area contributed by atoms with Crippen molar-refractivity contribution in [3.63, 3.8) is 0 Å². The number of aryl methyl sites for hydroxylation is 1. The third-order valence-corrected chi connectivity index (χ3v) is 4.76.